The smallest absolute Gasteiger partial charge is 0.327 e. The van der Waals surface area contributed by atoms with E-state index in [1.807, 2.05) is 0 Å². The third-order valence-corrected chi connectivity index (χ3v) is 3.60. The molecule has 1 aliphatic rings. The van der Waals surface area contributed by atoms with Crippen molar-refractivity contribution in [3.8, 4) is 0 Å². The molecular weight excluding hydrogens is 287 g/mol. The zero-order chi connectivity index (χ0) is 13.6. The van der Waals surface area contributed by atoms with E-state index in [1.54, 1.807) is 0 Å². The van der Waals surface area contributed by atoms with E-state index in [-0.39, 0.29) is 42.8 Å². The minimum Gasteiger partial charge on any atom is -0.466 e. The third-order valence-electron chi connectivity index (χ3n) is 2.52. The molecular formula is C10H16NaO7S. The van der Waals surface area contributed by atoms with E-state index in [0.717, 1.165) is 12.8 Å². The molecule has 0 amide bonds. The first-order valence-corrected chi connectivity index (χ1v) is 7.20. The van der Waals surface area contributed by atoms with Gasteiger partial charge in [0.15, 0.2) is 5.25 Å². The predicted octanol–water partition coefficient (Wildman–Crippen LogP) is -0.0875. The summed E-state index contributed by atoms with van der Waals surface area (Å²) in [5.41, 5.74) is 0. The summed E-state index contributed by atoms with van der Waals surface area (Å²) in [7, 11) is -4.67. The number of carbonyl (C=O) groups is 2. The molecule has 1 heterocycles. The normalized spacial score (nSPS) is 23.1. The quantitative estimate of drug-likeness (QED) is 0.410. The van der Waals surface area contributed by atoms with Gasteiger partial charge >= 0.3 is 11.9 Å². The van der Waals surface area contributed by atoms with Crippen LogP contribution in [0.1, 0.15) is 32.1 Å². The summed E-state index contributed by atoms with van der Waals surface area (Å²) in [4.78, 5) is 22.7. The molecule has 0 aromatic carbocycles. The molecule has 1 unspecified atom stereocenters. The molecule has 0 bridgehead atoms. The van der Waals surface area contributed by atoms with Crippen LogP contribution in [0.2, 0.25) is 0 Å². The molecule has 19 heavy (non-hydrogen) atoms. The molecule has 1 atom stereocenters. The first-order valence-electron chi connectivity index (χ1n) is 5.70. The summed E-state index contributed by atoms with van der Waals surface area (Å²) in [6.45, 7) is 0.270. The minimum atomic E-state index is -4.67. The molecule has 0 saturated carbocycles. The maximum absolute atomic E-state index is 11.5. The van der Waals surface area contributed by atoms with Crippen molar-refractivity contribution in [2.45, 2.75) is 37.4 Å². The number of cyclic esters (lactones) is 2. The van der Waals surface area contributed by atoms with Crippen LogP contribution in [0, 0.1) is 0 Å². The van der Waals surface area contributed by atoms with Gasteiger partial charge in [0.2, 0.25) is 0 Å². The maximum atomic E-state index is 11.5. The Balaban J connectivity index is 0.00000324. The van der Waals surface area contributed by atoms with Crippen molar-refractivity contribution < 1.29 is 32.0 Å². The molecule has 0 aliphatic carbocycles. The number of hydrogen-bond donors (Lipinski definition) is 1. The first-order chi connectivity index (χ1) is 8.41. The Morgan fingerprint density at radius 3 is 2.05 bits per heavy atom. The van der Waals surface area contributed by atoms with Gasteiger partial charge in [-0.05, 0) is 25.7 Å². The van der Waals surface area contributed by atoms with Gasteiger partial charge in [0.05, 0.1) is 19.6 Å². The number of rotatable bonds is 1. The fraction of sp³-hybridized carbons (Fsp3) is 0.800. The summed E-state index contributed by atoms with van der Waals surface area (Å²) in [5, 5.41) is -1.90. The minimum absolute atomic E-state index is 0. The molecule has 7 nitrogen and oxygen atoms in total. The van der Waals surface area contributed by atoms with E-state index < -0.39 is 33.7 Å². The largest absolute Gasteiger partial charge is 0.466 e. The average Bonchev–Trinajstić information content (AvgIpc) is 2.26. The molecule has 1 fully saturated rings. The topological polar surface area (TPSA) is 107 Å². The van der Waals surface area contributed by atoms with Crippen LogP contribution in [0.25, 0.3) is 0 Å². The Hall–Kier alpha value is -0.150. The van der Waals surface area contributed by atoms with Gasteiger partial charge in [0.25, 0.3) is 10.1 Å². The molecule has 1 aliphatic heterocycles. The van der Waals surface area contributed by atoms with Crippen molar-refractivity contribution in [2.24, 2.45) is 0 Å². The van der Waals surface area contributed by atoms with Gasteiger partial charge in [-0.3, -0.25) is 14.1 Å². The second-order valence-corrected chi connectivity index (χ2v) is 5.61. The Kier molecular flexibility index (Phi) is 8.84. The molecule has 0 aromatic rings. The third kappa shape index (κ3) is 7.26. The van der Waals surface area contributed by atoms with E-state index in [4.69, 9.17) is 14.0 Å². The van der Waals surface area contributed by atoms with Crippen LogP contribution in [0.4, 0.5) is 0 Å². The molecule has 105 valence electrons. The van der Waals surface area contributed by atoms with Crippen LogP contribution in [-0.4, -0.2) is 72.9 Å². The summed E-state index contributed by atoms with van der Waals surface area (Å²) < 4.78 is 40.4. The zero-order valence-corrected chi connectivity index (χ0v) is 13.6. The second-order valence-electron chi connectivity index (χ2n) is 4.01. The Bertz CT molecular complexity index is 406. The van der Waals surface area contributed by atoms with E-state index in [9.17, 15) is 18.0 Å². The molecule has 0 aromatic heterocycles. The summed E-state index contributed by atoms with van der Waals surface area (Å²) >= 11 is 0. The van der Waals surface area contributed by atoms with Crippen LogP contribution in [0.15, 0.2) is 0 Å². The first kappa shape index (κ1) is 18.9. The number of esters is 2. The van der Waals surface area contributed by atoms with Gasteiger partial charge in [-0.2, -0.15) is 8.42 Å². The molecule has 1 radical (unpaired) electrons. The van der Waals surface area contributed by atoms with E-state index >= 15 is 0 Å². The zero-order valence-electron chi connectivity index (χ0n) is 10.8. The van der Waals surface area contributed by atoms with Crippen LogP contribution in [-0.2, 0) is 29.2 Å². The monoisotopic (exact) mass is 303 g/mol. The molecule has 1 rings (SSSR count). The Morgan fingerprint density at radius 2 is 1.53 bits per heavy atom. The summed E-state index contributed by atoms with van der Waals surface area (Å²) in [5.74, 6) is -1.95. The van der Waals surface area contributed by atoms with E-state index in [2.05, 4.69) is 0 Å². The average molecular weight is 303 g/mol. The van der Waals surface area contributed by atoms with Crippen molar-refractivity contribution in [1.82, 2.24) is 0 Å². The fourth-order valence-corrected chi connectivity index (χ4v) is 2.19. The van der Waals surface area contributed by atoms with Crippen LogP contribution in [0.3, 0.4) is 0 Å². The fourth-order valence-electron chi connectivity index (χ4n) is 1.53. The predicted molar refractivity (Wildman–Crippen MR) is 66.1 cm³/mol. The number of hydrogen-bond acceptors (Lipinski definition) is 6. The van der Waals surface area contributed by atoms with Gasteiger partial charge < -0.3 is 9.47 Å². The SMILES string of the molecule is O=C1CC(S(=O)(=O)O)C(=O)OCCCCCCO1.[Na]. The van der Waals surface area contributed by atoms with Crippen molar-refractivity contribution in [1.29, 1.82) is 0 Å². The van der Waals surface area contributed by atoms with Crippen LogP contribution in [0.5, 0.6) is 0 Å². The summed E-state index contributed by atoms with van der Waals surface area (Å²) in [6, 6.07) is 0. The van der Waals surface area contributed by atoms with Crippen LogP contribution < -0.4 is 0 Å². The summed E-state index contributed by atoms with van der Waals surface area (Å²) in [6.07, 6.45) is 2.19. The molecule has 1 saturated heterocycles. The second kappa shape index (κ2) is 8.91. The maximum Gasteiger partial charge on any atom is 0.327 e. The molecule has 9 heteroatoms. The van der Waals surface area contributed by atoms with Gasteiger partial charge in [-0.25, -0.2) is 0 Å². The van der Waals surface area contributed by atoms with Crippen molar-refractivity contribution in [2.75, 3.05) is 13.2 Å². The van der Waals surface area contributed by atoms with Gasteiger partial charge in [-0.1, -0.05) is 0 Å². The van der Waals surface area contributed by atoms with Gasteiger partial charge in [0.1, 0.15) is 0 Å². The van der Waals surface area contributed by atoms with Crippen molar-refractivity contribution in [3.05, 3.63) is 0 Å². The van der Waals surface area contributed by atoms with Gasteiger partial charge in [0, 0.05) is 29.6 Å². The van der Waals surface area contributed by atoms with Crippen molar-refractivity contribution >= 4 is 51.6 Å². The Labute approximate surface area is 134 Å². The molecule has 1 N–H and O–H groups in total. The van der Waals surface area contributed by atoms with Gasteiger partial charge in [-0.15, -0.1) is 0 Å². The van der Waals surface area contributed by atoms with E-state index in [0.29, 0.717) is 12.8 Å². The Morgan fingerprint density at radius 1 is 1.00 bits per heavy atom. The number of ether oxygens (including phenoxy) is 2. The number of carbonyl (C=O) groups excluding carboxylic acids is 2. The van der Waals surface area contributed by atoms with Crippen molar-refractivity contribution in [3.63, 3.8) is 0 Å². The van der Waals surface area contributed by atoms with Crippen LogP contribution >= 0.6 is 0 Å². The molecule has 0 spiro atoms. The standard InChI is InChI=1S/C10H16O7S.Na/c11-9-7-8(18(13,14)15)10(12)17-6-4-2-1-3-5-16-9;/h8H,1-7H2,(H,13,14,15);. The van der Waals surface area contributed by atoms with E-state index in [1.165, 1.54) is 0 Å².